The maximum absolute atomic E-state index is 11.8. The maximum Gasteiger partial charge on any atom is 0.277 e. The molecule has 5 aromatic carbocycles. The molecule has 0 saturated carbocycles. The molecule has 0 fully saturated rings. The number of rotatable bonds is 3. The minimum absolute atomic E-state index is 0.0232. The van der Waals surface area contributed by atoms with Crippen LogP contribution in [0.15, 0.2) is 115 Å². The van der Waals surface area contributed by atoms with E-state index in [1.807, 2.05) is 42.5 Å². The third-order valence-corrected chi connectivity index (χ3v) is 6.61. The molecule has 0 atom stereocenters. The van der Waals surface area contributed by atoms with E-state index in [9.17, 15) is 10.1 Å². The number of para-hydroxylation sites is 2. The smallest absolute Gasteiger partial charge is 0.277 e. The Balaban J connectivity index is 1.70. The van der Waals surface area contributed by atoms with Crippen molar-refractivity contribution in [3.05, 3.63) is 130 Å². The second-order valence-corrected chi connectivity index (χ2v) is 8.82. The van der Waals surface area contributed by atoms with E-state index in [1.165, 1.54) is 6.07 Å². The number of fused-ring (bicyclic) bond motifs is 5. The van der Waals surface area contributed by atoms with Crippen LogP contribution in [0.4, 0.5) is 22.7 Å². The van der Waals surface area contributed by atoms with E-state index in [0.29, 0.717) is 10.6 Å². The molecule has 0 bridgehead atoms. The zero-order valence-corrected chi connectivity index (χ0v) is 19.3. The van der Waals surface area contributed by atoms with Gasteiger partial charge in [-0.3, -0.25) is 10.1 Å². The second-order valence-electron chi connectivity index (χ2n) is 8.38. The van der Waals surface area contributed by atoms with Crippen LogP contribution in [-0.4, -0.2) is 4.92 Å². The molecule has 0 spiro atoms. The fourth-order valence-electron chi connectivity index (χ4n) is 4.84. The van der Waals surface area contributed by atoms with Crippen molar-refractivity contribution in [2.24, 2.45) is 0 Å². The fourth-order valence-corrected chi connectivity index (χ4v) is 5.02. The molecule has 0 amide bonds. The molecule has 1 heterocycles. The van der Waals surface area contributed by atoms with Crippen molar-refractivity contribution >= 4 is 34.4 Å². The van der Waals surface area contributed by atoms with Gasteiger partial charge in [0.05, 0.1) is 21.9 Å². The van der Waals surface area contributed by atoms with Crippen LogP contribution < -0.4 is 4.90 Å². The quantitative estimate of drug-likeness (QED) is 0.190. The highest BCUT2D eigenvalue weighted by Crippen LogP contribution is 2.51. The first kappa shape index (κ1) is 21.1. The number of hydrogen-bond donors (Lipinski definition) is 0. The molecule has 0 unspecified atom stereocenters. The zero-order chi connectivity index (χ0) is 23.9. The van der Waals surface area contributed by atoms with E-state index in [1.54, 1.807) is 12.1 Å². The topological polar surface area (TPSA) is 46.4 Å². The van der Waals surface area contributed by atoms with Gasteiger partial charge >= 0.3 is 0 Å². The van der Waals surface area contributed by atoms with Crippen LogP contribution in [0.5, 0.6) is 0 Å². The number of nitro benzene ring substituents is 1. The number of nitro groups is 1. The van der Waals surface area contributed by atoms with Gasteiger partial charge in [-0.05, 0) is 53.1 Å². The van der Waals surface area contributed by atoms with Gasteiger partial charge in [-0.15, -0.1) is 0 Å². The molecule has 5 aromatic rings. The van der Waals surface area contributed by atoms with Gasteiger partial charge in [-0.25, -0.2) is 0 Å². The lowest BCUT2D eigenvalue weighted by molar-refractivity contribution is -0.384. The lowest BCUT2D eigenvalue weighted by Gasteiger charge is -2.27. The molecule has 0 aromatic heterocycles. The van der Waals surface area contributed by atoms with Crippen LogP contribution in [-0.2, 0) is 0 Å². The van der Waals surface area contributed by atoms with Gasteiger partial charge in [0.2, 0.25) is 0 Å². The summed E-state index contributed by atoms with van der Waals surface area (Å²) >= 11 is 6.27. The molecule has 35 heavy (non-hydrogen) atoms. The van der Waals surface area contributed by atoms with Gasteiger partial charge in [0, 0.05) is 27.9 Å². The first-order valence-electron chi connectivity index (χ1n) is 11.2. The van der Waals surface area contributed by atoms with Gasteiger partial charge in [0.1, 0.15) is 0 Å². The summed E-state index contributed by atoms with van der Waals surface area (Å²) in [6.07, 6.45) is 0. The summed E-state index contributed by atoms with van der Waals surface area (Å²) in [5, 5.41) is 12.3. The number of hydrogen-bond acceptors (Lipinski definition) is 3. The second kappa shape index (κ2) is 8.42. The molecule has 0 aliphatic carbocycles. The molecular formula is C30H19ClN2O2. The van der Waals surface area contributed by atoms with Crippen molar-refractivity contribution in [1.29, 1.82) is 0 Å². The first-order valence-corrected chi connectivity index (χ1v) is 11.6. The Morgan fingerprint density at radius 1 is 0.600 bits per heavy atom. The normalized spacial score (nSPS) is 11.7. The Morgan fingerprint density at radius 2 is 1.23 bits per heavy atom. The summed E-state index contributed by atoms with van der Waals surface area (Å²) in [4.78, 5) is 13.7. The van der Waals surface area contributed by atoms with Crippen molar-refractivity contribution < 1.29 is 4.92 Å². The summed E-state index contributed by atoms with van der Waals surface area (Å²) in [5.74, 6) is 0. The van der Waals surface area contributed by atoms with Crippen LogP contribution in [0.3, 0.4) is 0 Å². The van der Waals surface area contributed by atoms with Crippen molar-refractivity contribution in [2.75, 3.05) is 4.90 Å². The summed E-state index contributed by atoms with van der Waals surface area (Å²) < 4.78 is 0. The van der Waals surface area contributed by atoms with E-state index in [2.05, 4.69) is 59.5 Å². The Hall–Kier alpha value is -4.41. The largest absolute Gasteiger partial charge is 0.309 e. The van der Waals surface area contributed by atoms with Crippen molar-refractivity contribution in [1.82, 2.24) is 0 Å². The monoisotopic (exact) mass is 474 g/mol. The molecule has 0 saturated heterocycles. The van der Waals surface area contributed by atoms with E-state index in [0.717, 1.165) is 44.9 Å². The van der Waals surface area contributed by atoms with Crippen molar-refractivity contribution in [2.45, 2.75) is 0 Å². The van der Waals surface area contributed by atoms with Crippen molar-refractivity contribution in [3.63, 3.8) is 0 Å². The van der Waals surface area contributed by atoms with Crippen LogP contribution in [0.1, 0.15) is 0 Å². The summed E-state index contributed by atoms with van der Waals surface area (Å²) in [5.41, 5.74) is 8.67. The molecule has 4 nitrogen and oxygen atoms in total. The van der Waals surface area contributed by atoms with Gasteiger partial charge in [-0.2, -0.15) is 0 Å². The Kier molecular flexibility index (Phi) is 5.09. The molecule has 1 aliphatic heterocycles. The average molecular weight is 475 g/mol. The third kappa shape index (κ3) is 3.56. The minimum atomic E-state index is -0.364. The van der Waals surface area contributed by atoms with Crippen LogP contribution >= 0.6 is 11.6 Å². The van der Waals surface area contributed by atoms with Crippen molar-refractivity contribution in [3.8, 4) is 33.4 Å². The SMILES string of the molecule is O=[N+]([O-])c1ccc(Cl)cc1-c1ccc2c(c1)N(c1ccccc1)c1ccccc1-c1ccccc1-2. The van der Waals surface area contributed by atoms with E-state index < -0.39 is 0 Å². The molecule has 0 radical (unpaired) electrons. The highest BCUT2D eigenvalue weighted by molar-refractivity contribution is 6.31. The van der Waals surface area contributed by atoms with E-state index in [-0.39, 0.29) is 10.6 Å². The molecular weight excluding hydrogens is 456 g/mol. The average Bonchev–Trinajstić information content (AvgIpc) is 3.01. The van der Waals surface area contributed by atoms with Gasteiger partial charge in [0.15, 0.2) is 0 Å². The summed E-state index contributed by atoms with van der Waals surface area (Å²) in [6.45, 7) is 0. The Bertz CT molecular complexity index is 1600. The lowest BCUT2D eigenvalue weighted by atomic mass is 9.93. The molecule has 0 N–H and O–H groups in total. The van der Waals surface area contributed by atoms with Crippen LogP contribution in [0.25, 0.3) is 33.4 Å². The summed E-state index contributed by atoms with van der Waals surface area (Å²) in [7, 11) is 0. The van der Waals surface area contributed by atoms with E-state index >= 15 is 0 Å². The first-order chi connectivity index (χ1) is 17.1. The van der Waals surface area contributed by atoms with Crippen LogP contribution in [0.2, 0.25) is 5.02 Å². The standard InChI is InChI=1S/C30H19ClN2O2/c31-21-15-17-29(33(34)35)27(19-21)20-14-16-26-24-11-5-4-10-23(24)25-12-6-7-13-28(25)32(30(26)18-20)22-8-2-1-3-9-22/h1-19H. The minimum Gasteiger partial charge on any atom is -0.309 e. The van der Waals surface area contributed by atoms with E-state index in [4.69, 9.17) is 11.6 Å². The fraction of sp³-hybridized carbons (Fsp3) is 0. The molecule has 6 rings (SSSR count). The van der Waals surface area contributed by atoms with Crippen LogP contribution in [0, 0.1) is 10.1 Å². The Morgan fingerprint density at radius 3 is 1.94 bits per heavy atom. The number of nitrogens with zero attached hydrogens (tertiary/aromatic N) is 2. The van der Waals surface area contributed by atoms with Gasteiger partial charge < -0.3 is 4.90 Å². The van der Waals surface area contributed by atoms with Gasteiger partial charge in [-0.1, -0.05) is 84.4 Å². The highest BCUT2D eigenvalue weighted by Gasteiger charge is 2.27. The number of benzene rings is 5. The van der Waals surface area contributed by atoms with Gasteiger partial charge in [0.25, 0.3) is 5.69 Å². The zero-order valence-electron chi connectivity index (χ0n) is 18.6. The molecule has 1 aliphatic rings. The molecule has 168 valence electrons. The number of halogens is 1. The maximum atomic E-state index is 11.8. The lowest BCUT2D eigenvalue weighted by Crippen LogP contribution is -2.11. The number of anilines is 3. The third-order valence-electron chi connectivity index (χ3n) is 6.37. The molecule has 5 heteroatoms. The highest BCUT2D eigenvalue weighted by atomic mass is 35.5. The summed E-state index contributed by atoms with van der Waals surface area (Å²) in [6, 6.07) is 37.6. The Labute approximate surface area is 207 Å². The predicted molar refractivity (Wildman–Crippen MR) is 143 cm³/mol. The predicted octanol–water partition coefficient (Wildman–Crippen LogP) is 9.03.